The Balaban J connectivity index is 1.84. The summed E-state index contributed by atoms with van der Waals surface area (Å²) in [5.41, 5.74) is 2.30. The van der Waals surface area contributed by atoms with Crippen LogP contribution in [0.4, 0.5) is 0 Å². The van der Waals surface area contributed by atoms with Gasteiger partial charge >= 0.3 is 0 Å². The molecule has 1 aromatic carbocycles. The standard InChI is InChI=1S/C19H29N5O/c1-5-20-19(22-14-16-10-11-23-24(16)4)21-12-13-25-18-9-7-6-8-17(18)15(2)3/h6-11,15H,5,12-14H2,1-4H3,(H2,20,21,22). The van der Waals surface area contributed by atoms with E-state index >= 15 is 0 Å². The summed E-state index contributed by atoms with van der Waals surface area (Å²) in [7, 11) is 1.92. The predicted octanol–water partition coefficient (Wildman–Crippen LogP) is 2.68. The fraction of sp³-hybridized carbons (Fsp3) is 0.474. The Kier molecular flexibility index (Phi) is 7.32. The number of nitrogens with zero attached hydrogens (tertiary/aromatic N) is 3. The van der Waals surface area contributed by atoms with Gasteiger partial charge in [0.1, 0.15) is 12.4 Å². The van der Waals surface area contributed by atoms with Crippen LogP contribution in [0.2, 0.25) is 0 Å². The van der Waals surface area contributed by atoms with Crippen molar-refractivity contribution >= 4 is 5.96 Å². The van der Waals surface area contributed by atoms with Crippen LogP contribution in [0.5, 0.6) is 5.75 Å². The van der Waals surface area contributed by atoms with Crippen molar-refractivity contribution in [2.24, 2.45) is 12.0 Å². The number of ether oxygens (including phenoxy) is 1. The maximum Gasteiger partial charge on any atom is 0.191 e. The van der Waals surface area contributed by atoms with Crippen LogP contribution >= 0.6 is 0 Å². The van der Waals surface area contributed by atoms with Crippen LogP contribution in [-0.4, -0.2) is 35.4 Å². The summed E-state index contributed by atoms with van der Waals surface area (Å²) >= 11 is 0. The molecule has 136 valence electrons. The van der Waals surface area contributed by atoms with E-state index in [0.717, 1.165) is 23.9 Å². The highest BCUT2D eigenvalue weighted by atomic mass is 16.5. The van der Waals surface area contributed by atoms with Crippen molar-refractivity contribution < 1.29 is 4.74 Å². The largest absolute Gasteiger partial charge is 0.491 e. The van der Waals surface area contributed by atoms with Gasteiger partial charge < -0.3 is 15.4 Å². The Morgan fingerprint density at radius 1 is 1.24 bits per heavy atom. The number of aliphatic imine (C=N–C) groups is 1. The molecule has 25 heavy (non-hydrogen) atoms. The van der Waals surface area contributed by atoms with E-state index < -0.39 is 0 Å². The van der Waals surface area contributed by atoms with Gasteiger partial charge in [0.25, 0.3) is 0 Å². The van der Waals surface area contributed by atoms with Gasteiger partial charge in [0, 0.05) is 19.8 Å². The van der Waals surface area contributed by atoms with Crippen molar-refractivity contribution in [3.8, 4) is 5.75 Å². The van der Waals surface area contributed by atoms with Crippen LogP contribution in [0.3, 0.4) is 0 Å². The van der Waals surface area contributed by atoms with Gasteiger partial charge in [-0.15, -0.1) is 0 Å². The summed E-state index contributed by atoms with van der Waals surface area (Å²) < 4.78 is 7.77. The summed E-state index contributed by atoms with van der Waals surface area (Å²) in [5, 5.41) is 10.7. The normalized spacial score (nSPS) is 11.6. The van der Waals surface area contributed by atoms with E-state index in [-0.39, 0.29) is 0 Å². The highest BCUT2D eigenvalue weighted by Gasteiger charge is 2.06. The lowest BCUT2D eigenvalue weighted by atomic mass is 10.0. The van der Waals surface area contributed by atoms with E-state index in [1.807, 2.05) is 29.9 Å². The summed E-state index contributed by atoms with van der Waals surface area (Å²) in [5.74, 6) is 2.18. The molecule has 0 aliphatic rings. The van der Waals surface area contributed by atoms with Gasteiger partial charge in [0.2, 0.25) is 0 Å². The molecule has 0 saturated heterocycles. The van der Waals surface area contributed by atoms with E-state index in [0.29, 0.717) is 25.6 Å². The van der Waals surface area contributed by atoms with Gasteiger partial charge in [-0.1, -0.05) is 32.0 Å². The fourth-order valence-corrected chi connectivity index (χ4v) is 2.48. The molecule has 0 radical (unpaired) electrons. The van der Waals surface area contributed by atoms with Gasteiger partial charge in [-0.25, -0.2) is 4.99 Å². The van der Waals surface area contributed by atoms with Crippen molar-refractivity contribution in [1.82, 2.24) is 20.4 Å². The minimum Gasteiger partial charge on any atom is -0.491 e. The Hall–Kier alpha value is -2.50. The smallest absolute Gasteiger partial charge is 0.191 e. The van der Waals surface area contributed by atoms with Crippen LogP contribution in [0.15, 0.2) is 41.5 Å². The third-order valence-electron chi connectivity index (χ3n) is 3.86. The SMILES string of the molecule is CCNC(=NCc1ccnn1C)NCCOc1ccccc1C(C)C. The molecule has 6 heteroatoms. The van der Waals surface area contributed by atoms with Crippen LogP contribution < -0.4 is 15.4 Å². The quantitative estimate of drug-likeness (QED) is 0.439. The molecule has 0 spiro atoms. The first kappa shape index (κ1) is 18.8. The first-order chi connectivity index (χ1) is 12.1. The number of hydrogen-bond acceptors (Lipinski definition) is 3. The molecule has 0 amide bonds. The molecule has 1 heterocycles. The Labute approximate surface area is 150 Å². The number of rotatable bonds is 8. The second-order valence-electron chi connectivity index (χ2n) is 6.11. The number of para-hydroxylation sites is 1. The Morgan fingerprint density at radius 3 is 2.72 bits per heavy atom. The molecule has 0 fully saturated rings. The average Bonchev–Trinajstić information content (AvgIpc) is 3.01. The van der Waals surface area contributed by atoms with E-state index in [4.69, 9.17) is 4.74 Å². The van der Waals surface area contributed by atoms with E-state index in [9.17, 15) is 0 Å². The van der Waals surface area contributed by atoms with Crippen LogP contribution in [-0.2, 0) is 13.6 Å². The van der Waals surface area contributed by atoms with E-state index in [1.165, 1.54) is 5.56 Å². The second kappa shape index (κ2) is 9.71. The van der Waals surface area contributed by atoms with Gasteiger partial charge in [-0.05, 0) is 30.5 Å². The molecule has 6 nitrogen and oxygen atoms in total. The number of aromatic nitrogens is 2. The fourth-order valence-electron chi connectivity index (χ4n) is 2.48. The molecule has 0 atom stereocenters. The lowest BCUT2D eigenvalue weighted by Crippen LogP contribution is -2.39. The summed E-state index contributed by atoms with van der Waals surface area (Å²) in [6, 6.07) is 10.2. The minimum atomic E-state index is 0.446. The van der Waals surface area contributed by atoms with Gasteiger partial charge in [-0.2, -0.15) is 5.10 Å². The van der Waals surface area contributed by atoms with Crippen LogP contribution in [0.1, 0.15) is 37.9 Å². The van der Waals surface area contributed by atoms with Crippen LogP contribution in [0, 0.1) is 0 Å². The maximum absolute atomic E-state index is 5.94. The molecule has 0 bridgehead atoms. The lowest BCUT2D eigenvalue weighted by Gasteiger charge is -2.15. The van der Waals surface area contributed by atoms with Crippen molar-refractivity contribution in [3.05, 3.63) is 47.8 Å². The number of nitrogens with one attached hydrogen (secondary N) is 2. The topological polar surface area (TPSA) is 63.5 Å². The van der Waals surface area contributed by atoms with Crippen molar-refractivity contribution in [2.45, 2.75) is 33.2 Å². The molecular formula is C19H29N5O. The monoisotopic (exact) mass is 343 g/mol. The summed E-state index contributed by atoms with van der Waals surface area (Å²) in [4.78, 5) is 4.59. The van der Waals surface area contributed by atoms with Crippen molar-refractivity contribution in [3.63, 3.8) is 0 Å². The third-order valence-corrected chi connectivity index (χ3v) is 3.86. The lowest BCUT2D eigenvalue weighted by molar-refractivity contribution is 0.317. The second-order valence-corrected chi connectivity index (χ2v) is 6.11. The molecule has 0 aliphatic carbocycles. The predicted molar refractivity (Wildman–Crippen MR) is 102 cm³/mol. The van der Waals surface area contributed by atoms with E-state index in [1.54, 1.807) is 6.20 Å². The Bertz CT molecular complexity index is 678. The molecule has 0 saturated carbocycles. The highest BCUT2D eigenvalue weighted by molar-refractivity contribution is 5.79. The molecule has 2 rings (SSSR count). The average molecular weight is 343 g/mol. The number of aryl methyl sites for hydroxylation is 1. The Morgan fingerprint density at radius 2 is 2.04 bits per heavy atom. The molecule has 0 unspecified atom stereocenters. The number of benzene rings is 1. The highest BCUT2D eigenvalue weighted by Crippen LogP contribution is 2.25. The minimum absolute atomic E-state index is 0.446. The zero-order valence-corrected chi connectivity index (χ0v) is 15.6. The first-order valence-corrected chi connectivity index (χ1v) is 8.82. The molecular weight excluding hydrogens is 314 g/mol. The van der Waals surface area contributed by atoms with E-state index in [2.05, 4.69) is 53.6 Å². The zero-order valence-electron chi connectivity index (χ0n) is 15.6. The summed E-state index contributed by atoms with van der Waals surface area (Å²) in [6.07, 6.45) is 1.78. The molecule has 1 aromatic heterocycles. The van der Waals surface area contributed by atoms with Crippen molar-refractivity contribution in [1.29, 1.82) is 0 Å². The molecule has 2 N–H and O–H groups in total. The van der Waals surface area contributed by atoms with Gasteiger partial charge in [0.15, 0.2) is 5.96 Å². The number of hydrogen-bond donors (Lipinski definition) is 2. The van der Waals surface area contributed by atoms with Crippen LogP contribution in [0.25, 0.3) is 0 Å². The number of guanidine groups is 1. The van der Waals surface area contributed by atoms with Gasteiger partial charge in [-0.3, -0.25) is 4.68 Å². The molecule has 0 aliphatic heterocycles. The van der Waals surface area contributed by atoms with Crippen molar-refractivity contribution in [2.75, 3.05) is 19.7 Å². The maximum atomic E-state index is 5.94. The summed E-state index contributed by atoms with van der Waals surface area (Å²) in [6.45, 7) is 9.07. The third kappa shape index (κ3) is 5.81. The molecule has 2 aromatic rings. The zero-order chi connectivity index (χ0) is 18.1. The van der Waals surface area contributed by atoms with Gasteiger partial charge in [0.05, 0.1) is 18.8 Å². The first-order valence-electron chi connectivity index (χ1n) is 8.82.